The van der Waals surface area contributed by atoms with Crippen molar-refractivity contribution in [2.45, 2.75) is 0 Å². The van der Waals surface area contributed by atoms with Gasteiger partial charge in [0.2, 0.25) is 0 Å². The second kappa shape index (κ2) is 12.5. The maximum atomic E-state index is 6.62. The van der Waals surface area contributed by atoms with E-state index in [-0.39, 0.29) is 0 Å². The summed E-state index contributed by atoms with van der Waals surface area (Å²) in [4.78, 5) is 5.26. The van der Waals surface area contributed by atoms with E-state index in [0.29, 0.717) is 0 Å². The number of benzene rings is 10. The highest BCUT2D eigenvalue weighted by Gasteiger charge is 2.21. The van der Waals surface area contributed by atoms with Crippen LogP contribution in [0.3, 0.4) is 0 Å². The van der Waals surface area contributed by atoms with Crippen molar-refractivity contribution in [1.29, 1.82) is 0 Å². The molecule has 2 nitrogen and oxygen atoms in total. The van der Waals surface area contributed by atoms with Gasteiger partial charge in [-0.05, 0) is 90.5 Å². The lowest BCUT2D eigenvalue weighted by Gasteiger charge is -2.16. The van der Waals surface area contributed by atoms with Gasteiger partial charge in [-0.25, -0.2) is 4.98 Å². The first-order valence-electron chi connectivity index (χ1n) is 19.5. The van der Waals surface area contributed by atoms with E-state index in [4.69, 9.17) is 9.40 Å². The number of nitrogens with zero attached hydrogens (tertiary/aromatic N) is 1. The van der Waals surface area contributed by atoms with E-state index in [1.165, 1.54) is 65.5 Å². The molecule has 0 spiro atoms. The lowest BCUT2D eigenvalue weighted by molar-refractivity contribution is 0.669. The summed E-state index contributed by atoms with van der Waals surface area (Å²) in [7, 11) is 0. The van der Waals surface area contributed by atoms with Gasteiger partial charge < -0.3 is 4.42 Å². The van der Waals surface area contributed by atoms with E-state index in [9.17, 15) is 0 Å². The summed E-state index contributed by atoms with van der Waals surface area (Å²) in [6, 6.07) is 72.1. The molecule has 2 aromatic heterocycles. The molecule has 0 aliphatic rings. The normalized spacial score (nSPS) is 11.9. The molecule has 0 radical (unpaired) electrons. The van der Waals surface area contributed by atoms with E-state index in [1.54, 1.807) is 0 Å². The fourth-order valence-corrected chi connectivity index (χ4v) is 9.22. The molecular weight excluding hydrogens is 691 g/mol. The molecule has 12 aromatic rings. The van der Waals surface area contributed by atoms with Crippen molar-refractivity contribution in [3.05, 3.63) is 200 Å². The predicted molar refractivity (Wildman–Crippen MR) is 241 cm³/mol. The third-order valence-corrected chi connectivity index (χ3v) is 11.8. The van der Waals surface area contributed by atoms with Crippen LogP contribution in [-0.4, -0.2) is 4.98 Å². The molecule has 2 heteroatoms. The van der Waals surface area contributed by atoms with Crippen LogP contribution in [-0.2, 0) is 0 Å². The summed E-state index contributed by atoms with van der Waals surface area (Å²) in [5, 5.41) is 13.4. The Morgan fingerprint density at radius 1 is 0.281 bits per heavy atom. The van der Waals surface area contributed by atoms with Crippen LogP contribution in [0.5, 0.6) is 0 Å². The van der Waals surface area contributed by atoms with Crippen LogP contribution >= 0.6 is 0 Å². The van der Waals surface area contributed by atoms with E-state index in [0.717, 1.165) is 55.0 Å². The van der Waals surface area contributed by atoms with Gasteiger partial charge in [0, 0.05) is 38.1 Å². The maximum Gasteiger partial charge on any atom is 0.136 e. The number of pyridine rings is 1. The van der Waals surface area contributed by atoms with Crippen molar-refractivity contribution < 1.29 is 4.42 Å². The lowest BCUT2D eigenvalue weighted by Crippen LogP contribution is -1.93. The van der Waals surface area contributed by atoms with Crippen LogP contribution in [0.2, 0.25) is 0 Å². The molecule has 0 fully saturated rings. The molecule has 0 saturated carbocycles. The Kier molecular flexibility index (Phi) is 6.96. The fraction of sp³-hybridized carbons (Fsp3) is 0. The smallest absolute Gasteiger partial charge is 0.136 e. The van der Waals surface area contributed by atoms with Crippen LogP contribution in [0.25, 0.3) is 121 Å². The fourth-order valence-electron chi connectivity index (χ4n) is 9.22. The lowest BCUT2D eigenvalue weighted by atomic mass is 9.88. The third kappa shape index (κ3) is 4.94. The number of aromatic nitrogens is 1. The largest absolute Gasteiger partial charge is 0.456 e. The minimum absolute atomic E-state index is 0.862. The van der Waals surface area contributed by atoms with Crippen LogP contribution in [0.15, 0.2) is 205 Å². The van der Waals surface area contributed by atoms with Crippen molar-refractivity contribution in [3.8, 4) is 44.6 Å². The highest BCUT2D eigenvalue weighted by atomic mass is 16.3. The Morgan fingerprint density at radius 2 is 0.807 bits per heavy atom. The quantitative estimate of drug-likeness (QED) is 0.169. The van der Waals surface area contributed by atoms with Gasteiger partial charge >= 0.3 is 0 Å². The highest BCUT2D eigenvalue weighted by molar-refractivity contribution is 6.28. The summed E-state index contributed by atoms with van der Waals surface area (Å²) in [6.07, 6.45) is 0. The molecule has 0 aliphatic heterocycles. The number of hydrogen-bond acceptors (Lipinski definition) is 2. The zero-order chi connectivity index (χ0) is 37.5. The SMILES string of the molecule is c1ccc(-c2nc3ccccc3c3c(-c4ccc(-c5cccc(-c6ccc7c8ccccc8c8ccccc8c7c6)c5)cc4)c4c(cc23)oc2ccccc24)cc1. The summed E-state index contributed by atoms with van der Waals surface area (Å²) < 4.78 is 6.62. The van der Waals surface area contributed by atoms with Crippen molar-refractivity contribution >= 4 is 75.9 Å². The summed E-state index contributed by atoms with van der Waals surface area (Å²) in [5.41, 5.74) is 11.8. The van der Waals surface area contributed by atoms with Crippen molar-refractivity contribution in [2.75, 3.05) is 0 Å². The molecule has 0 unspecified atom stereocenters. The predicted octanol–water partition coefficient (Wildman–Crippen LogP) is 15.4. The number of fused-ring (bicyclic) bond motifs is 12. The Morgan fingerprint density at radius 3 is 1.54 bits per heavy atom. The molecule has 0 amide bonds. The van der Waals surface area contributed by atoms with Crippen LogP contribution < -0.4 is 0 Å². The molecule has 0 N–H and O–H groups in total. The van der Waals surface area contributed by atoms with Crippen LogP contribution in [0, 0.1) is 0 Å². The molecule has 57 heavy (non-hydrogen) atoms. The van der Waals surface area contributed by atoms with Crippen molar-refractivity contribution in [1.82, 2.24) is 4.98 Å². The van der Waals surface area contributed by atoms with Gasteiger partial charge in [-0.2, -0.15) is 0 Å². The Hall–Kier alpha value is -7.55. The van der Waals surface area contributed by atoms with E-state index in [1.807, 2.05) is 6.07 Å². The standard InChI is InChI=1S/C55H33NO/c1-2-13-36(14-3-1)55-48-33-51-54(46-22-9-11-24-50(46)57-51)52(53(48)45-21-8-10-23-49(45)56-55)35-27-25-34(26-28-35)37-15-12-16-38(31-37)39-29-30-44-42-19-5-4-17-40(42)41-18-6-7-20-43(41)47(44)32-39/h1-33H. The monoisotopic (exact) mass is 723 g/mol. The number of rotatable bonds is 4. The minimum atomic E-state index is 0.862. The van der Waals surface area contributed by atoms with Gasteiger partial charge in [-0.3, -0.25) is 0 Å². The number of hydrogen-bond donors (Lipinski definition) is 0. The second-order valence-corrected chi connectivity index (χ2v) is 15.0. The summed E-state index contributed by atoms with van der Waals surface area (Å²) in [5.74, 6) is 0. The first-order valence-corrected chi connectivity index (χ1v) is 19.5. The van der Waals surface area contributed by atoms with Crippen LogP contribution in [0.1, 0.15) is 0 Å². The minimum Gasteiger partial charge on any atom is -0.456 e. The number of para-hydroxylation sites is 2. The van der Waals surface area contributed by atoms with E-state index >= 15 is 0 Å². The molecule has 0 atom stereocenters. The van der Waals surface area contributed by atoms with Crippen LogP contribution in [0.4, 0.5) is 0 Å². The van der Waals surface area contributed by atoms with E-state index in [2.05, 4.69) is 194 Å². The average molecular weight is 724 g/mol. The van der Waals surface area contributed by atoms with Crippen molar-refractivity contribution in [2.24, 2.45) is 0 Å². The third-order valence-electron chi connectivity index (χ3n) is 11.8. The molecule has 2 heterocycles. The molecule has 264 valence electrons. The zero-order valence-electron chi connectivity index (χ0n) is 30.9. The molecular formula is C55H33NO. The average Bonchev–Trinajstić information content (AvgIpc) is 3.66. The Bertz CT molecular complexity index is 3530. The Labute approximate surface area is 328 Å². The van der Waals surface area contributed by atoms with Gasteiger partial charge in [0.05, 0.1) is 11.2 Å². The topological polar surface area (TPSA) is 26.0 Å². The molecule has 0 aliphatic carbocycles. The maximum absolute atomic E-state index is 6.62. The summed E-state index contributed by atoms with van der Waals surface area (Å²) in [6.45, 7) is 0. The highest BCUT2D eigenvalue weighted by Crippen LogP contribution is 2.46. The molecule has 0 bridgehead atoms. The first kappa shape index (κ1) is 31.8. The second-order valence-electron chi connectivity index (χ2n) is 15.0. The van der Waals surface area contributed by atoms with Gasteiger partial charge in [-0.1, -0.05) is 170 Å². The first-order chi connectivity index (χ1) is 28.3. The molecule has 0 saturated heterocycles. The summed E-state index contributed by atoms with van der Waals surface area (Å²) >= 11 is 0. The van der Waals surface area contributed by atoms with Gasteiger partial charge in [0.15, 0.2) is 0 Å². The Balaban J connectivity index is 1.03. The zero-order valence-corrected chi connectivity index (χ0v) is 30.9. The number of furan rings is 1. The van der Waals surface area contributed by atoms with Gasteiger partial charge in [0.1, 0.15) is 11.2 Å². The van der Waals surface area contributed by atoms with Gasteiger partial charge in [-0.15, -0.1) is 0 Å². The van der Waals surface area contributed by atoms with E-state index < -0.39 is 0 Å². The molecule has 10 aromatic carbocycles. The van der Waals surface area contributed by atoms with Crippen molar-refractivity contribution in [3.63, 3.8) is 0 Å². The molecule has 12 rings (SSSR count). The van der Waals surface area contributed by atoms with Gasteiger partial charge in [0.25, 0.3) is 0 Å².